The molecule has 0 saturated carbocycles. The highest BCUT2D eigenvalue weighted by molar-refractivity contribution is 6.35. The third-order valence-electron chi connectivity index (χ3n) is 2.60. The number of ether oxygens (including phenoxy) is 1. The predicted octanol–water partition coefficient (Wildman–Crippen LogP) is 3.60. The lowest BCUT2D eigenvalue weighted by Crippen LogP contribution is -1.95. The number of halogens is 1. The number of para-hydroxylation sites is 1. The van der Waals surface area contributed by atoms with Crippen molar-refractivity contribution in [3.8, 4) is 0 Å². The molecular weight excluding hydrogens is 222 g/mol. The molecule has 1 aromatic heterocycles. The van der Waals surface area contributed by atoms with Crippen molar-refractivity contribution in [2.24, 2.45) is 0 Å². The number of rotatable bonds is 3. The Morgan fingerprint density at radius 3 is 2.88 bits per heavy atom. The highest BCUT2D eigenvalue weighted by atomic mass is 35.5. The van der Waals surface area contributed by atoms with Crippen molar-refractivity contribution in [3.63, 3.8) is 0 Å². The summed E-state index contributed by atoms with van der Waals surface area (Å²) in [6.07, 6.45) is 0.955. The zero-order valence-corrected chi connectivity index (χ0v) is 10.2. The summed E-state index contributed by atoms with van der Waals surface area (Å²) < 4.78 is 5.08. The molecule has 0 spiro atoms. The van der Waals surface area contributed by atoms with E-state index in [2.05, 4.69) is 18.0 Å². The highest BCUT2D eigenvalue weighted by Crippen LogP contribution is 2.26. The van der Waals surface area contributed by atoms with E-state index >= 15 is 0 Å². The predicted molar refractivity (Wildman–Crippen MR) is 66.8 cm³/mol. The van der Waals surface area contributed by atoms with Gasteiger partial charge in [-0.15, -0.1) is 0 Å². The largest absolute Gasteiger partial charge is 0.378 e. The molecule has 0 radical (unpaired) electrons. The maximum atomic E-state index is 6.23. The summed E-state index contributed by atoms with van der Waals surface area (Å²) in [5.74, 6) is 0. The molecule has 0 bridgehead atoms. The number of methoxy groups -OCH3 is 1. The third kappa shape index (κ3) is 2.04. The zero-order chi connectivity index (χ0) is 11.5. The normalized spacial score (nSPS) is 10.9. The minimum Gasteiger partial charge on any atom is -0.378 e. The van der Waals surface area contributed by atoms with Gasteiger partial charge >= 0.3 is 0 Å². The van der Waals surface area contributed by atoms with Gasteiger partial charge in [0.15, 0.2) is 0 Å². The summed E-state index contributed by atoms with van der Waals surface area (Å²) in [6, 6.07) is 7.97. The van der Waals surface area contributed by atoms with Crippen molar-refractivity contribution in [2.75, 3.05) is 7.11 Å². The lowest BCUT2D eigenvalue weighted by atomic mass is 10.1. The molecule has 1 aromatic carbocycles. The molecule has 0 aliphatic heterocycles. The van der Waals surface area contributed by atoms with Gasteiger partial charge in [-0.3, -0.25) is 0 Å². The SMILES string of the molecule is CCc1cccc2c(Cl)cc(COC)nc12. The number of hydrogen-bond acceptors (Lipinski definition) is 2. The maximum absolute atomic E-state index is 6.23. The molecule has 2 nitrogen and oxygen atoms in total. The Bertz CT molecular complexity index is 511. The van der Waals surface area contributed by atoms with Gasteiger partial charge in [0.2, 0.25) is 0 Å². The van der Waals surface area contributed by atoms with Gasteiger partial charge < -0.3 is 4.74 Å². The Morgan fingerprint density at radius 1 is 1.38 bits per heavy atom. The average Bonchev–Trinajstić information content (AvgIpc) is 2.29. The fourth-order valence-corrected chi connectivity index (χ4v) is 2.10. The summed E-state index contributed by atoms with van der Waals surface area (Å²) in [6.45, 7) is 2.61. The van der Waals surface area contributed by atoms with E-state index < -0.39 is 0 Å². The topological polar surface area (TPSA) is 22.1 Å². The number of fused-ring (bicyclic) bond motifs is 1. The highest BCUT2D eigenvalue weighted by Gasteiger charge is 2.06. The first-order valence-corrected chi connectivity index (χ1v) is 5.70. The third-order valence-corrected chi connectivity index (χ3v) is 2.91. The van der Waals surface area contributed by atoms with Gasteiger partial charge in [-0.1, -0.05) is 36.7 Å². The maximum Gasteiger partial charge on any atom is 0.0884 e. The molecule has 0 unspecified atom stereocenters. The number of nitrogens with zero attached hydrogens (tertiary/aromatic N) is 1. The summed E-state index contributed by atoms with van der Waals surface area (Å²) >= 11 is 6.23. The Balaban J connectivity index is 2.67. The molecule has 84 valence electrons. The van der Waals surface area contributed by atoms with Gasteiger partial charge in [0, 0.05) is 12.5 Å². The molecule has 0 atom stereocenters. The van der Waals surface area contributed by atoms with Crippen molar-refractivity contribution in [1.82, 2.24) is 4.98 Å². The van der Waals surface area contributed by atoms with Crippen LogP contribution >= 0.6 is 11.6 Å². The van der Waals surface area contributed by atoms with Crippen LogP contribution in [0.3, 0.4) is 0 Å². The van der Waals surface area contributed by atoms with Gasteiger partial charge in [-0.05, 0) is 18.1 Å². The van der Waals surface area contributed by atoms with Crippen LogP contribution in [0.5, 0.6) is 0 Å². The zero-order valence-electron chi connectivity index (χ0n) is 9.46. The van der Waals surface area contributed by atoms with Gasteiger partial charge in [0.05, 0.1) is 22.8 Å². The van der Waals surface area contributed by atoms with E-state index in [1.165, 1.54) is 5.56 Å². The molecule has 16 heavy (non-hydrogen) atoms. The van der Waals surface area contributed by atoms with E-state index in [9.17, 15) is 0 Å². The van der Waals surface area contributed by atoms with Gasteiger partial charge in [0.25, 0.3) is 0 Å². The van der Waals surface area contributed by atoms with E-state index in [1.54, 1.807) is 7.11 Å². The van der Waals surface area contributed by atoms with Crippen LogP contribution in [0.25, 0.3) is 10.9 Å². The molecule has 0 fully saturated rings. The van der Waals surface area contributed by atoms with E-state index in [1.807, 2.05) is 18.2 Å². The number of hydrogen-bond donors (Lipinski definition) is 0. The first-order chi connectivity index (χ1) is 7.76. The Morgan fingerprint density at radius 2 is 2.19 bits per heavy atom. The second-order valence-electron chi connectivity index (χ2n) is 3.70. The van der Waals surface area contributed by atoms with Crippen LogP contribution in [-0.4, -0.2) is 12.1 Å². The number of aryl methyl sites for hydroxylation is 1. The van der Waals surface area contributed by atoms with Crippen molar-refractivity contribution < 1.29 is 4.74 Å². The monoisotopic (exact) mass is 235 g/mol. The van der Waals surface area contributed by atoms with Crippen molar-refractivity contribution >= 4 is 22.5 Å². The van der Waals surface area contributed by atoms with Crippen LogP contribution in [0.15, 0.2) is 24.3 Å². The van der Waals surface area contributed by atoms with Gasteiger partial charge in [-0.2, -0.15) is 0 Å². The molecule has 0 amide bonds. The first kappa shape index (κ1) is 11.4. The molecule has 3 heteroatoms. The molecular formula is C13H14ClNO. The fourth-order valence-electron chi connectivity index (χ4n) is 1.82. The molecule has 0 aliphatic rings. The summed E-state index contributed by atoms with van der Waals surface area (Å²) in [4.78, 5) is 4.59. The standard InChI is InChI=1S/C13H14ClNO/c1-3-9-5-4-6-11-12(14)7-10(8-16-2)15-13(9)11/h4-7H,3,8H2,1-2H3. The quantitative estimate of drug-likeness (QED) is 0.811. The Labute approximate surface area is 100 Å². The minimum atomic E-state index is 0.494. The number of aromatic nitrogens is 1. The lowest BCUT2D eigenvalue weighted by Gasteiger charge is -2.07. The van der Waals surface area contributed by atoms with Crippen molar-refractivity contribution in [3.05, 3.63) is 40.5 Å². The van der Waals surface area contributed by atoms with E-state index in [0.29, 0.717) is 6.61 Å². The summed E-state index contributed by atoms with van der Waals surface area (Å²) in [5, 5.41) is 1.76. The molecule has 2 aromatic rings. The van der Waals surface area contributed by atoms with Crippen LogP contribution < -0.4 is 0 Å². The summed E-state index contributed by atoms with van der Waals surface area (Å²) in [7, 11) is 1.66. The van der Waals surface area contributed by atoms with Crippen molar-refractivity contribution in [2.45, 2.75) is 20.0 Å². The molecule has 0 aliphatic carbocycles. The fraction of sp³-hybridized carbons (Fsp3) is 0.308. The lowest BCUT2D eigenvalue weighted by molar-refractivity contribution is 0.182. The van der Waals surface area contributed by atoms with Crippen LogP contribution in [-0.2, 0) is 17.8 Å². The second kappa shape index (κ2) is 4.81. The van der Waals surface area contributed by atoms with E-state index in [-0.39, 0.29) is 0 Å². The Hall–Kier alpha value is -1.12. The van der Waals surface area contributed by atoms with Gasteiger partial charge in [0.1, 0.15) is 0 Å². The van der Waals surface area contributed by atoms with E-state index in [0.717, 1.165) is 28.0 Å². The molecule has 2 rings (SSSR count). The van der Waals surface area contributed by atoms with E-state index in [4.69, 9.17) is 16.3 Å². The van der Waals surface area contributed by atoms with Crippen molar-refractivity contribution in [1.29, 1.82) is 0 Å². The van der Waals surface area contributed by atoms with Crippen LogP contribution in [0.2, 0.25) is 5.02 Å². The molecule has 1 heterocycles. The average molecular weight is 236 g/mol. The number of benzene rings is 1. The number of pyridine rings is 1. The molecule has 0 saturated heterocycles. The Kier molecular flexibility index (Phi) is 3.42. The van der Waals surface area contributed by atoms with Crippen LogP contribution in [0, 0.1) is 0 Å². The van der Waals surface area contributed by atoms with Gasteiger partial charge in [-0.25, -0.2) is 4.98 Å². The molecule has 0 N–H and O–H groups in total. The second-order valence-corrected chi connectivity index (χ2v) is 4.10. The van der Waals surface area contributed by atoms with Crippen LogP contribution in [0.4, 0.5) is 0 Å². The summed E-state index contributed by atoms with van der Waals surface area (Å²) in [5.41, 5.74) is 3.09. The first-order valence-electron chi connectivity index (χ1n) is 5.32. The van der Waals surface area contributed by atoms with Crippen LogP contribution in [0.1, 0.15) is 18.2 Å². The minimum absolute atomic E-state index is 0.494. The smallest absolute Gasteiger partial charge is 0.0884 e.